The Labute approximate surface area is 209 Å². The van der Waals surface area contributed by atoms with Crippen LogP contribution in [0.15, 0.2) is 84.1 Å². The average Bonchev–Trinajstić information content (AvgIpc) is 3.63. The molecule has 1 N–H and O–H groups in total. The summed E-state index contributed by atoms with van der Waals surface area (Å²) in [7, 11) is 0. The van der Waals surface area contributed by atoms with Crippen molar-refractivity contribution in [1.29, 1.82) is 0 Å². The van der Waals surface area contributed by atoms with E-state index < -0.39 is 0 Å². The molecule has 0 radical (unpaired) electrons. The highest BCUT2D eigenvalue weighted by Gasteiger charge is 2.40. The van der Waals surface area contributed by atoms with Gasteiger partial charge in [-0.3, -0.25) is 9.69 Å². The SMILES string of the molecule is CC(=O)C1=NN(c2ccc(Cl)cc2)[C@@H](c2c[nH]c3ccccc23)N1c1ccc(N2CCCC2)cc1. The van der Waals surface area contributed by atoms with Gasteiger partial charge in [-0.25, -0.2) is 5.01 Å². The molecule has 3 heterocycles. The Hall–Kier alpha value is -3.77. The van der Waals surface area contributed by atoms with E-state index in [-0.39, 0.29) is 11.9 Å². The van der Waals surface area contributed by atoms with Gasteiger partial charge in [-0.15, -0.1) is 5.10 Å². The summed E-state index contributed by atoms with van der Waals surface area (Å²) in [6.07, 6.45) is 4.13. The van der Waals surface area contributed by atoms with Gasteiger partial charge in [-0.2, -0.15) is 0 Å². The second-order valence-corrected chi connectivity index (χ2v) is 9.48. The lowest BCUT2D eigenvalue weighted by molar-refractivity contribution is -0.111. The molecule has 0 unspecified atom stereocenters. The summed E-state index contributed by atoms with van der Waals surface area (Å²) in [5, 5.41) is 8.51. The van der Waals surface area contributed by atoms with Crippen molar-refractivity contribution in [2.45, 2.75) is 25.9 Å². The van der Waals surface area contributed by atoms with Gasteiger partial charge in [0.1, 0.15) is 0 Å². The first-order chi connectivity index (χ1) is 17.1. The summed E-state index contributed by atoms with van der Waals surface area (Å²) in [5.41, 5.74) is 5.08. The minimum absolute atomic E-state index is 0.0880. The molecule has 2 aliphatic rings. The number of fused-ring (bicyclic) bond motifs is 1. The molecule has 1 aromatic heterocycles. The molecule has 4 aromatic rings. The minimum Gasteiger partial charge on any atom is -0.372 e. The molecule has 0 bridgehead atoms. The van der Waals surface area contributed by atoms with Gasteiger partial charge in [0.25, 0.3) is 0 Å². The molecule has 0 amide bonds. The Morgan fingerprint density at radius 3 is 2.29 bits per heavy atom. The van der Waals surface area contributed by atoms with E-state index in [0.29, 0.717) is 10.9 Å². The molecule has 2 aliphatic heterocycles. The van der Waals surface area contributed by atoms with Crippen molar-refractivity contribution in [2.75, 3.05) is 27.9 Å². The smallest absolute Gasteiger partial charge is 0.198 e. The molecule has 35 heavy (non-hydrogen) atoms. The van der Waals surface area contributed by atoms with Crippen molar-refractivity contribution >= 4 is 51.2 Å². The second kappa shape index (κ2) is 8.78. The zero-order valence-electron chi connectivity index (χ0n) is 19.5. The van der Waals surface area contributed by atoms with Crippen LogP contribution in [-0.2, 0) is 4.79 Å². The number of hydrogen-bond acceptors (Lipinski definition) is 5. The lowest BCUT2D eigenvalue weighted by atomic mass is 10.1. The van der Waals surface area contributed by atoms with Crippen LogP contribution in [0.25, 0.3) is 10.9 Å². The van der Waals surface area contributed by atoms with Gasteiger partial charge in [-0.05, 0) is 67.4 Å². The van der Waals surface area contributed by atoms with Crippen LogP contribution in [0.2, 0.25) is 5.02 Å². The Kier molecular flexibility index (Phi) is 5.46. The molecule has 6 nitrogen and oxygen atoms in total. The first kappa shape index (κ1) is 21.7. The number of ketones is 1. The number of anilines is 3. The van der Waals surface area contributed by atoms with E-state index >= 15 is 0 Å². The van der Waals surface area contributed by atoms with Gasteiger partial charge in [-0.1, -0.05) is 29.8 Å². The minimum atomic E-state index is -0.344. The van der Waals surface area contributed by atoms with Gasteiger partial charge >= 0.3 is 0 Å². The molecule has 0 aliphatic carbocycles. The first-order valence-corrected chi connectivity index (χ1v) is 12.3. The predicted molar refractivity (Wildman–Crippen MR) is 143 cm³/mol. The van der Waals surface area contributed by atoms with E-state index in [2.05, 4.69) is 46.3 Å². The number of carbonyl (C=O) groups is 1. The topological polar surface area (TPSA) is 54.9 Å². The monoisotopic (exact) mass is 483 g/mol. The van der Waals surface area contributed by atoms with Crippen LogP contribution in [0.3, 0.4) is 0 Å². The number of amidine groups is 1. The summed E-state index contributed by atoms with van der Waals surface area (Å²) >= 11 is 6.18. The molecular formula is C28H26ClN5O. The predicted octanol–water partition coefficient (Wildman–Crippen LogP) is 6.35. The number of rotatable bonds is 5. The summed E-state index contributed by atoms with van der Waals surface area (Å²) in [5.74, 6) is 0.319. The van der Waals surface area contributed by atoms with E-state index in [4.69, 9.17) is 16.7 Å². The molecule has 6 rings (SSSR count). The zero-order chi connectivity index (χ0) is 23.9. The summed E-state index contributed by atoms with van der Waals surface area (Å²) < 4.78 is 0. The Bertz CT molecular complexity index is 1400. The number of para-hydroxylation sites is 1. The number of benzene rings is 3. The quantitative estimate of drug-likeness (QED) is 0.359. The molecular weight excluding hydrogens is 458 g/mol. The highest BCUT2D eigenvalue weighted by Crippen LogP contribution is 2.42. The second-order valence-electron chi connectivity index (χ2n) is 9.04. The van der Waals surface area contributed by atoms with Crippen molar-refractivity contribution in [3.63, 3.8) is 0 Å². The molecule has 1 fully saturated rings. The maximum atomic E-state index is 12.9. The van der Waals surface area contributed by atoms with E-state index in [1.165, 1.54) is 18.5 Å². The van der Waals surface area contributed by atoms with E-state index in [0.717, 1.165) is 40.9 Å². The average molecular weight is 484 g/mol. The lowest BCUT2D eigenvalue weighted by Crippen LogP contribution is -2.37. The van der Waals surface area contributed by atoms with Crippen LogP contribution in [0.5, 0.6) is 0 Å². The van der Waals surface area contributed by atoms with Gasteiger partial charge < -0.3 is 9.88 Å². The number of nitrogens with zero attached hydrogens (tertiary/aromatic N) is 4. The molecule has 1 atom stereocenters. The summed E-state index contributed by atoms with van der Waals surface area (Å²) in [6.45, 7) is 3.75. The number of hydrogen-bond donors (Lipinski definition) is 1. The maximum Gasteiger partial charge on any atom is 0.198 e. The van der Waals surface area contributed by atoms with Crippen molar-refractivity contribution < 1.29 is 4.79 Å². The number of aromatic amines is 1. The molecule has 0 saturated carbocycles. The van der Waals surface area contributed by atoms with Crippen molar-refractivity contribution in [3.05, 3.63) is 89.6 Å². The fourth-order valence-electron chi connectivity index (χ4n) is 5.10. The molecule has 0 spiro atoms. The number of carbonyl (C=O) groups excluding carboxylic acids is 1. The van der Waals surface area contributed by atoms with Crippen LogP contribution >= 0.6 is 11.6 Å². The number of nitrogens with one attached hydrogen (secondary N) is 1. The van der Waals surface area contributed by atoms with Crippen molar-refractivity contribution in [1.82, 2.24) is 4.98 Å². The highest BCUT2D eigenvalue weighted by molar-refractivity contribution is 6.44. The fourth-order valence-corrected chi connectivity index (χ4v) is 5.23. The van der Waals surface area contributed by atoms with E-state index in [9.17, 15) is 4.79 Å². The molecule has 1 saturated heterocycles. The number of H-pyrrole nitrogens is 1. The molecule has 176 valence electrons. The third kappa shape index (κ3) is 3.84. The van der Waals surface area contributed by atoms with Gasteiger partial charge in [0.05, 0.1) is 5.69 Å². The van der Waals surface area contributed by atoms with E-state index in [1.807, 2.05) is 52.5 Å². The number of halogens is 1. The van der Waals surface area contributed by atoms with Crippen LogP contribution in [0.4, 0.5) is 17.1 Å². The third-order valence-electron chi connectivity index (χ3n) is 6.81. The van der Waals surface area contributed by atoms with Crippen molar-refractivity contribution in [3.8, 4) is 0 Å². The molecule has 7 heteroatoms. The third-order valence-corrected chi connectivity index (χ3v) is 7.06. The Balaban J connectivity index is 1.49. The number of hydrazone groups is 1. The van der Waals surface area contributed by atoms with Crippen LogP contribution < -0.4 is 14.8 Å². The number of aromatic nitrogens is 1. The van der Waals surface area contributed by atoms with Crippen LogP contribution in [0, 0.1) is 0 Å². The Morgan fingerprint density at radius 1 is 0.914 bits per heavy atom. The van der Waals surface area contributed by atoms with Gasteiger partial charge in [0.15, 0.2) is 17.8 Å². The van der Waals surface area contributed by atoms with Gasteiger partial charge in [0.2, 0.25) is 0 Å². The Morgan fingerprint density at radius 2 is 1.57 bits per heavy atom. The summed E-state index contributed by atoms with van der Waals surface area (Å²) in [4.78, 5) is 20.7. The normalized spacial score (nSPS) is 17.9. The number of Topliss-reactive ketones (excluding diaryl/α,β-unsaturated/α-hetero) is 1. The first-order valence-electron chi connectivity index (χ1n) is 11.9. The van der Waals surface area contributed by atoms with Crippen molar-refractivity contribution in [2.24, 2.45) is 5.10 Å². The van der Waals surface area contributed by atoms with Gasteiger partial charge in [0, 0.05) is 59.1 Å². The van der Waals surface area contributed by atoms with Crippen LogP contribution in [0.1, 0.15) is 31.5 Å². The molecule has 3 aromatic carbocycles. The zero-order valence-corrected chi connectivity index (χ0v) is 20.2. The standard InChI is InChI=1S/C28H26ClN5O/c1-19(35)27-31-34(23-10-8-20(29)9-11-23)28(25-18-30-26-7-3-2-6-24(25)26)33(27)22-14-12-21(13-15-22)32-16-4-5-17-32/h2-3,6-15,18,28,30H,4-5,16-17H2,1H3/t28-/m0/s1. The highest BCUT2D eigenvalue weighted by atomic mass is 35.5. The van der Waals surface area contributed by atoms with E-state index in [1.54, 1.807) is 6.92 Å². The maximum absolute atomic E-state index is 12.9. The van der Waals surface area contributed by atoms with Crippen LogP contribution in [-0.4, -0.2) is 29.7 Å². The lowest BCUT2D eigenvalue weighted by Gasteiger charge is -2.32. The largest absolute Gasteiger partial charge is 0.372 e. The fraction of sp³-hybridized carbons (Fsp3) is 0.214. The summed E-state index contributed by atoms with van der Waals surface area (Å²) in [6, 6.07) is 24.3.